The molecule has 6 nitrogen and oxygen atoms in total. The molecule has 0 unspecified atom stereocenters. The number of sulfone groups is 1. The van der Waals surface area contributed by atoms with E-state index in [4.69, 9.17) is 14.6 Å². The van der Waals surface area contributed by atoms with E-state index in [1.807, 2.05) is 12.1 Å². The summed E-state index contributed by atoms with van der Waals surface area (Å²) in [5.74, 6) is 0.881. The second-order valence-corrected chi connectivity index (χ2v) is 12.7. The fraction of sp³-hybridized carbons (Fsp3) is 0.387. The third kappa shape index (κ3) is 6.38. The summed E-state index contributed by atoms with van der Waals surface area (Å²) in [6.07, 6.45) is 6.72. The van der Waals surface area contributed by atoms with Gasteiger partial charge in [0.05, 0.1) is 25.4 Å². The summed E-state index contributed by atoms with van der Waals surface area (Å²) >= 11 is 0. The molecular weight excluding hydrogens is 500 g/mol. The van der Waals surface area contributed by atoms with E-state index < -0.39 is 15.8 Å². The molecule has 1 N–H and O–H groups in total. The van der Waals surface area contributed by atoms with Crippen molar-refractivity contribution in [1.82, 2.24) is 0 Å². The van der Waals surface area contributed by atoms with Crippen molar-refractivity contribution in [3.63, 3.8) is 0 Å². The van der Waals surface area contributed by atoms with Crippen molar-refractivity contribution in [2.45, 2.75) is 50.9 Å². The summed E-state index contributed by atoms with van der Waals surface area (Å²) in [7, 11) is -2.97. The van der Waals surface area contributed by atoms with Gasteiger partial charge in [0, 0.05) is 17.7 Å². The zero-order chi connectivity index (χ0) is 26.7. The van der Waals surface area contributed by atoms with Crippen LogP contribution in [0, 0.1) is 0 Å². The molecule has 0 saturated carbocycles. The minimum absolute atomic E-state index is 0.0698. The van der Waals surface area contributed by atoms with E-state index in [1.165, 1.54) is 39.6 Å². The van der Waals surface area contributed by atoms with E-state index in [0.717, 1.165) is 49.2 Å². The average molecular weight is 535 g/mol. The molecule has 0 amide bonds. The van der Waals surface area contributed by atoms with Gasteiger partial charge in [0.25, 0.3) is 0 Å². The van der Waals surface area contributed by atoms with Gasteiger partial charge in [0.2, 0.25) is 0 Å². The predicted molar refractivity (Wildman–Crippen MR) is 148 cm³/mol. The number of hydrogen-bond donors (Lipinski definition) is 1. The van der Waals surface area contributed by atoms with Crippen molar-refractivity contribution >= 4 is 15.8 Å². The van der Waals surface area contributed by atoms with Crippen LogP contribution < -0.4 is 9.47 Å². The lowest BCUT2D eigenvalue weighted by Crippen LogP contribution is -2.08. The number of rotatable bonds is 10. The number of benzene rings is 3. The quantitative estimate of drug-likeness (QED) is 0.351. The Balaban J connectivity index is 1.27. The third-order valence-electron chi connectivity index (χ3n) is 7.44. The first-order valence-corrected chi connectivity index (χ1v) is 15.3. The molecular formula is C31H34O6S. The van der Waals surface area contributed by atoms with E-state index in [9.17, 15) is 13.2 Å². The largest absolute Gasteiger partial charge is 0.494 e. The molecule has 0 spiro atoms. The molecule has 0 radical (unpaired) electrons. The van der Waals surface area contributed by atoms with Gasteiger partial charge in [0.15, 0.2) is 0 Å². The second kappa shape index (κ2) is 11.2. The number of carboxylic acids is 1. The molecule has 1 aliphatic carbocycles. The van der Waals surface area contributed by atoms with Gasteiger partial charge in [-0.15, -0.1) is 0 Å². The van der Waals surface area contributed by atoms with E-state index in [1.54, 1.807) is 0 Å². The summed E-state index contributed by atoms with van der Waals surface area (Å²) in [5, 5.41) is 9.13. The first kappa shape index (κ1) is 26.3. The standard InChI is InChI=1S/C31H34O6S/c1-38(34,35)15-3-14-36-26-11-13-27-24(18-26)5-2-4-23-10-8-21(16-29(23)27)6-7-22-9-12-28-25(19-31(32)33)20-37-30(28)17-22/h8-13,16-18,25H,2-7,14-15,19-20H2,1H3,(H,32,33)/t25-/m1/s1. The zero-order valence-electron chi connectivity index (χ0n) is 21.7. The lowest BCUT2D eigenvalue weighted by molar-refractivity contribution is -0.137. The highest BCUT2D eigenvalue weighted by Crippen LogP contribution is 2.38. The fourth-order valence-electron chi connectivity index (χ4n) is 5.50. The monoisotopic (exact) mass is 534 g/mol. The first-order valence-electron chi connectivity index (χ1n) is 13.3. The van der Waals surface area contributed by atoms with Crippen LogP contribution in [-0.4, -0.2) is 44.7 Å². The molecule has 0 fully saturated rings. The zero-order valence-corrected chi connectivity index (χ0v) is 22.6. The second-order valence-electron chi connectivity index (χ2n) is 10.5. The van der Waals surface area contributed by atoms with Crippen molar-refractivity contribution in [2.75, 3.05) is 25.2 Å². The molecule has 0 bridgehead atoms. The Hall–Kier alpha value is -3.32. The normalized spacial score (nSPS) is 16.1. The molecule has 1 heterocycles. The Morgan fingerprint density at radius 1 is 0.974 bits per heavy atom. The molecule has 1 atom stereocenters. The topological polar surface area (TPSA) is 89.9 Å². The number of carboxylic acid groups (broad SMARTS) is 1. The van der Waals surface area contributed by atoms with Crippen LogP contribution in [0.2, 0.25) is 0 Å². The van der Waals surface area contributed by atoms with Crippen LogP contribution in [0.15, 0.2) is 54.6 Å². The van der Waals surface area contributed by atoms with Gasteiger partial charge in [0.1, 0.15) is 21.3 Å². The number of fused-ring (bicyclic) bond motifs is 4. The number of aliphatic carboxylic acids is 1. The summed E-state index contributed by atoms with van der Waals surface area (Å²) in [4.78, 5) is 11.1. The van der Waals surface area contributed by atoms with E-state index >= 15 is 0 Å². The van der Waals surface area contributed by atoms with Crippen molar-refractivity contribution < 1.29 is 27.8 Å². The Morgan fingerprint density at radius 3 is 2.53 bits per heavy atom. The highest BCUT2D eigenvalue weighted by Gasteiger charge is 2.26. The summed E-state index contributed by atoms with van der Waals surface area (Å²) in [5.41, 5.74) is 8.63. The van der Waals surface area contributed by atoms with Crippen LogP contribution in [-0.2, 0) is 40.3 Å². The molecule has 7 heteroatoms. The number of carbonyl (C=O) groups is 1. The Morgan fingerprint density at radius 2 is 1.74 bits per heavy atom. The van der Waals surface area contributed by atoms with Crippen LogP contribution in [0.25, 0.3) is 11.1 Å². The van der Waals surface area contributed by atoms with Crippen molar-refractivity contribution in [3.8, 4) is 22.6 Å². The van der Waals surface area contributed by atoms with Gasteiger partial charge < -0.3 is 14.6 Å². The molecule has 38 heavy (non-hydrogen) atoms. The minimum atomic E-state index is -2.97. The average Bonchev–Trinajstić information content (AvgIpc) is 3.17. The smallest absolute Gasteiger partial charge is 0.304 e. The lowest BCUT2D eigenvalue weighted by Gasteiger charge is -2.14. The maximum absolute atomic E-state index is 11.4. The van der Waals surface area contributed by atoms with Crippen LogP contribution in [0.1, 0.15) is 53.0 Å². The molecule has 200 valence electrons. The first-order chi connectivity index (χ1) is 18.2. The van der Waals surface area contributed by atoms with Gasteiger partial charge in [-0.2, -0.15) is 0 Å². The highest BCUT2D eigenvalue weighted by molar-refractivity contribution is 7.90. The van der Waals surface area contributed by atoms with Crippen LogP contribution in [0.5, 0.6) is 11.5 Å². The minimum Gasteiger partial charge on any atom is -0.494 e. The Bertz CT molecular complexity index is 1440. The predicted octanol–water partition coefficient (Wildman–Crippen LogP) is 5.39. The maximum Gasteiger partial charge on any atom is 0.304 e. The van der Waals surface area contributed by atoms with Gasteiger partial charge in [-0.3, -0.25) is 4.79 Å². The number of aryl methyl sites for hydroxylation is 4. The van der Waals surface area contributed by atoms with Crippen molar-refractivity contribution in [1.29, 1.82) is 0 Å². The summed E-state index contributed by atoms with van der Waals surface area (Å²) in [6.45, 7) is 0.823. The van der Waals surface area contributed by atoms with Gasteiger partial charge in [-0.1, -0.05) is 36.4 Å². The third-order valence-corrected chi connectivity index (χ3v) is 8.47. The Labute approximate surface area is 224 Å². The molecule has 2 aliphatic rings. The van der Waals surface area contributed by atoms with Crippen molar-refractivity contribution in [2.24, 2.45) is 0 Å². The molecule has 0 aromatic heterocycles. The Kier molecular flexibility index (Phi) is 7.75. The van der Waals surface area contributed by atoms with Crippen molar-refractivity contribution in [3.05, 3.63) is 82.4 Å². The van der Waals surface area contributed by atoms with Crippen LogP contribution >= 0.6 is 0 Å². The van der Waals surface area contributed by atoms with Crippen LogP contribution in [0.3, 0.4) is 0 Å². The van der Waals surface area contributed by atoms with Gasteiger partial charge in [-0.05, 0) is 90.1 Å². The molecule has 1 aliphatic heterocycles. The summed E-state index contributed by atoms with van der Waals surface area (Å²) < 4.78 is 34.4. The molecule has 3 aromatic carbocycles. The van der Waals surface area contributed by atoms with E-state index in [2.05, 4.69) is 42.5 Å². The van der Waals surface area contributed by atoms with Gasteiger partial charge >= 0.3 is 5.97 Å². The van der Waals surface area contributed by atoms with Crippen LogP contribution in [0.4, 0.5) is 0 Å². The molecule has 0 saturated heterocycles. The maximum atomic E-state index is 11.4. The SMILES string of the molecule is CS(=O)(=O)CCCOc1ccc2c(c1)CCCc1ccc(CCc3ccc4c(c3)OC[C@H]4CC(=O)O)cc1-2. The number of hydrogen-bond acceptors (Lipinski definition) is 5. The molecule has 3 aromatic rings. The fourth-order valence-corrected chi connectivity index (χ4v) is 6.15. The van der Waals surface area contributed by atoms with E-state index in [-0.39, 0.29) is 18.1 Å². The highest BCUT2D eigenvalue weighted by atomic mass is 32.2. The number of ether oxygens (including phenoxy) is 2. The lowest BCUT2D eigenvalue weighted by atomic mass is 9.92. The summed E-state index contributed by atoms with van der Waals surface area (Å²) in [6, 6.07) is 19.2. The van der Waals surface area contributed by atoms with E-state index in [0.29, 0.717) is 19.6 Å². The molecule has 5 rings (SSSR count). The van der Waals surface area contributed by atoms with Gasteiger partial charge in [-0.25, -0.2) is 8.42 Å².